The number of carbonyl (C=O) groups is 1. The molecule has 6 nitrogen and oxygen atoms in total. The molecule has 2 aromatic heterocycles. The van der Waals surface area contributed by atoms with E-state index < -0.39 is 12.1 Å². The first-order chi connectivity index (χ1) is 12.4. The first-order valence-electron chi connectivity index (χ1n) is 8.00. The van der Waals surface area contributed by atoms with Gasteiger partial charge in [0.2, 0.25) is 0 Å². The van der Waals surface area contributed by atoms with Gasteiger partial charge in [-0.05, 0) is 49.7 Å². The molecule has 0 saturated carbocycles. The summed E-state index contributed by atoms with van der Waals surface area (Å²) in [6, 6.07) is 11.6. The largest absolute Gasteiger partial charge is 0.479 e. The summed E-state index contributed by atoms with van der Waals surface area (Å²) in [7, 11) is 0. The molecule has 0 spiro atoms. The molecule has 0 N–H and O–H groups in total. The molecular weight excluding hydrogens is 356 g/mol. The highest BCUT2D eigenvalue weighted by Gasteiger charge is 2.17. The van der Waals surface area contributed by atoms with E-state index in [9.17, 15) is 9.59 Å². The van der Waals surface area contributed by atoms with Crippen LogP contribution in [-0.4, -0.2) is 21.5 Å². The molecule has 1 atom stereocenters. The van der Waals surface area contributed by atoms with Gasteiger partial charge in [0.15, 0.2) is 6.10 Å². The van der Waals surface area contributed by atoms with Gasteiger partial charge in [0.1, 0.15) is 18.0 Å². The van der Waals surface area contributed by atoms with Crippen molar-refractivity contribution in [2.45, 2.75) is 26.6 Å². The van der Waals surface area contributed by atoms with Gasteiger partial charge in [-0.1, -0.05) is 17.7 Å². The van der Waals surface area contributed by atoms with Crippen molar-refractivity contribution in [3.63, 3.8) is 0 Å². The van der Waals surface area contributed by atoms with Crippen LogP contribution in [0.4, 0.5) is 0 Å². The van der Waals surface area contributed by atoms with Crippen LogP contribution in [-0.2, 0) is 16.1 Å². The molecule has 1 aromatic carbocycles. The lowest BCUT2D eigenvalue weighted by Gasteiger charge is -2.14. The minimum atomic E-state index is -0.805. The fraction of sp³-hybridized carbons (Fsp3) is 0.211. The molecule has 0 bridgehead atoms. The Balaban J connectivity index is 1.65. The Bertz CT molecular complexity index is 999. The van der Waals surface area contributed by atoms with Gasteiger partial charge in [-0.25, -0.2) is 9.78 Å². The van der Waals surface area contributed by atoms with Crippen LogP contribution in [0.3, 0.4) is 0 Å². The number of nitrogens with zero attached hydrogens (tertiary/aromatic N) is 2. The third-order valence-corrected chi connectivity index (χ3v) is 3.93. The highest BCUT2D eigenvalue weighted by atomic mass is 35.5. The molecule has 3 rings (SSSR count). The second-order valence-corrected chi connectivity index (χ2v) is 6.28. The Hall–Kier alpha value is -2.86. The van der Waals surface area contributed by atoms with E-state index in [0.717, 1.165) is 5.56 Å². The zero-order chi connectivity index (χ0) is 18.7. The SMILES string of the molecule is Cc1ccc2nc(COC(=O)[C@H](C)Oc3ccc(Cl)cc3)cc(=O)n2c1. The Kier molecular flexibility index (Phi) is 5.23. The number of benzene rings is 1. The molecule has 0 saturated heterocycles. The fourth-order valence-corrected chi connectivity index (χ4v) is 2.49. The van der Waals surface area contributed by atoms with Crippen LogP contribution in [0.15, 0.2) is 53.5 Å². The van der Waals surface area contributed by atoms with Crippen molar-refractivity contribution in [3.05, 3.63) is 75.3 Å². The van der Waals surface area contributed by atoms with Gasteiger partial charge in [-0.2, -0.15) is 0 Å². The number of halogens is 1. The molecule has 0 aliphatic heterocycles. The van der Waals surface area contributed by atoms with Gasteiger partial charge in [-0.15, -0.1) is 0 Å². The lowest BCUT2D eigenvalue weighted by Crippen LogP contribution is -2.26. The lowest BCUT2D eigenvalue weighted by atomic mass is 10.3. The Labute approximate surface area is 155 Å². The van der Waals surface area contributed by atoms with Crippen LogP contribution in [0.5, 0.6) is 5.75 Å². The monoisotopic (exact) mass is 372 g/mol. The number of rotatable bonds is 5. The third kappa shape index (κ3) is 4.21. The standard InChI is InChI=1S/C19H17ClN2O4/c1-12-3-8-17-21-15(9-18(23)22(17)10-12)11-25-19(24)13(2)26-16-6-4-14(20)5-7-16/h3-10,13H,11H2,1-2H3/t13-/m0/s1. The second kappa shape index (κ2) is 7.58. The predicted octanol–water partition coefficient (Wildman–Crippen LogP) is 3.17. The summed E-state index contributed by atoms with van der Waals surface area (Å²) < 4.78 is 12.2. The number of esters is 1. The average Bonchev–Trinajstić information content (AvgIpc) is 2.62. The van der Waals surface area contributed by atoms with E-state index in [1.807, 2.05) is 13.0 Å². The van der Waals surface area contributed by atoms with Crippen molar-refractivity contribution in [2.75, 3.05) is 0 Å². The zero-order valence-electron chi connectivity index (χ0n) is 14.3. The van der Waals surface area contributed by atoms with Crippen LogP contribution in [0.1, 0.15) is 18.2 Å². The zero-order valence-corrected chi connectivity index (χ0v) is 15.1. The van der Waals surface area contributed by atoms with E-state index in [1.54, 1.807) is 43.5 Å². The minimum absolute atomic E-state index is 0.104. The number of fused-ring (bicyclic) bond motifs is 1. The summed E-state index contributed by atoms with van der Waals surface area (Å²) in [5, 5.41) is 0.580. The Morgan fingerprint density at radius 1 is 1.23 bits per heavy atom. The van der Waals surface area contributed by atoms with Crippen LogP contribution in [0.25, 0.3) is 5.65 Å². The van der Waals surface area contributed by atoms with Crippen molar-refractivity contribution in [2.24, 2.45) is 0 Å². The minimum Gasteiger partial charge on any atom is -0.479 e. The summed E-state index contributed by atoms with van der Waals surface area (Å²) in [5.74, 6) is -0.0397. The van der Waals surface area contributed by atoms with Crippen LogP contribution >= 0.6 is 11.6 Å². The molecule has 0 amide bonds. The number of pyridine rings is 1. The van der Waals surface area contributed by atoms with Gasteiger partial charge < -0.3 is 9.47 Å². The van der Waals surface area contributed by atoms with E-state index >= 15 is 0 Å². The molecule has 0 aliphatic carbocycles. The number of carbonyl (C=O) groups excluding carboxylic acids is 1. The van der Waals surface area contributed by atoms with E-state index in [4.69, 9.17) is 21.1 Å². The maximum Gasteiger partial charge on any atom is 0.347 e. The molecule has 3 aromatic rings. The van der Waals surface area contributed by atoms with Gasteiger partial charge >= 0.3 is 5.97 Å². The summed E-state index contributed by atoms with van der Waals surface area (Å²) in [5.41, 5.74) is 1.61. The third-order valence-electron chi connectivity index (χ3n) is 3.68. The summed E-state index contributed by atoms with van der Waals surface area (Å²) in [6.45, 7) is 3.37. The summed E-state index contributed by atoms with van der Waals surface area (Å²) in [6.07, 6.45) is 0.906. The molecule has 2 heterocycles. The van der Waals surface area contributed by atoms with Crippen LogP contribution in [0.2, 0.25) is 5.02 Å². The highest BCUT2D eigenvalue weighted by molar-refractivity contribution is 6.30. The number of ether oxygens (including phenoxy) is 2. The highest BCUT2D eigenvalue weighted by Crippen LogP contribution is 2.17. The van der Waals surface area contributed by atoms with Crippen molar-refractivity contribution in [1.29, 1.82) is 0 Å². The Morgan fingerprint density at radius 3 is 2.69 bits per heavy atom. The average molecular weight is 373 g/mol. The summed E-state index contributed by atoms with van der Waals surface area (Å²) in [4.78, 5) is 28.6. The second-order valence-electron chi connectivity index (χ2n) is 5.84. The lowest BCUT2D eigenvalue weighted by molar-refractivity contribution is -0.152. The van der Waals surface area contributed by atoms with Crippen molar-refractivity contribution >= 4 is 23.2 Å². The van der Waals surface area contributed by atoms with E-state index in [0.29, 0.717) is 22.1 Å². The van der Waals surface area contributed by atoms with Crippen LogP contribution < -0.4 is 10.3 Å². The molecule has 26 heavy (non-hydrogen) atoms. The van der Waals surface area contributed by atoms with E-state index in [1.165, 1.54) is 10.5 Å². The number of aromatic nitrogens is 2. The molecular formula is C19H17ClN2O4. The maximum atomic E-state index is 12.1. The normalized spacial score (nSPS) is 12.0. The van der Waals surface area contributed by atoms with Gasteiger partial charge in [0.05, 0.1) is 5.69 Å². The molecule has 0 aliphatic rings. The fourth-order valence-electron chi connectivity index (χ4n) is 2.36. The molecule has 134 valence electrons. The van der Waals surface area contributed by atoms with Crippen molar-refractivity contribution in [1.82, 2.24) is 9.38 Å². The molecule has 0 unspecified atom stereocenters. The topological polar surface area (TPSA) is 69.9 Å². The summed E-state index contributed by atoms with van der Waals surface area (Å²) >= 11 is 5.81. The van der Waals surface area contributed by atoms with Gasteiger partial charge in [0, 0.05) is 17.3 Å². The van der Waals surface area contributed by atoms with Crippen LogP contribution in [0, 0.1) is 6.92 Å². The van der Waals surface area contributed by atoms with Gasteiger partial charge in [-0.3, -0.25) is 9.20 Å². The van der Waals surface area contributed by atoms with E-state index in [-0.39, 0.29) is 12.2 Å². The Morgan fingerprint density at radius 2 is 1.96 bits per heavy atom. The first kappa shape index (κ1) is 17.9. The van der Waals surface area contributed by atoms with Crippen molar-refractivity contribution < 1.29 is 14.3 Å². The molecule has 0 radical (unpaired) electrons. The number of hydrogen-bond donors (Lipinski definition) is 0. The first-order valence-corrected chi connectivity index (χ1v) is 8.38. The number of hydrogen-bond acceptors (Lipinski definition) is 5. The molecule has 7 heteroatoms. The van der Waals surface area contributed by atoms with Gasteiger partial charge in [0.25, 0.3) is 5.56 Å². The smallest absolute Gasteiger partial charge is 0.347 e. The quantitative estimate of drug-likeness (QED) is 0.643. The number of aryl methyl sites for hydroxylation is 1. The maximum absolute atomic E-state index is 12.1. The molecule has 0 fully saturated rings. The van der Waals surface area contributed by atoms with E-state index in [2.05, 4.69) is 4.98 Å². The van der Waals surface area contributed by atoms with Crippen molar-refractivity contribution in [3.8, 4) is 5.75 Å². The predicted molar refractivity (Wildman–Crippen MR) is 97.5 cm³/mol.